The lowest BCUT2D eigenvalue weighted by Gasteiger charge is -2.05. The molecule has 74 valence electrons. The molecule has 2 N–H and O–H groups in total. The van der Waals surface area contributed by atoms with Crippen molar-refractivity contribution in [3.8, 4) is 0 Å². The van der Waals surface area contributed by atoms with Crippen LogP contribution in [0.4, 0.5) is 13.2 Å². The lowest BCUT2D eigenvalue weighted by atomic mass is 10.3. The number of imidazole rings is 1. The quantitative estimate of drug-likeness (QED) is 0.772. The van der Waals surface area contributed by atoms with E-state index in [1.807, 2.05) is 0 Å². The molecule has 0 aliphatic heterocycles. The minimum atomic E-state index is -4.21. The Morgan fingerprint density at radius 1 is 1.62 bits per heavy atom. The van der Waals surface area contributed by atoms with Gasteiger partial charge in [-0.15, -0.1) is 0 Å². The maximum Gasteiger partial charge on any atom is 0.406 e. The zero-order valence-corrected chi connectivity index (χ0v) is 7.04. The zero-order valence-electron chi connectivity index (χ0n) is 7.04. The van der Waals surface area contributed by atoms with Crippen LogP contribution in [0, 0.1) is 0 Å². The molecular formula is C7H10F3N3. The number of aromatic nitrogens is 2. The van der Waals surface area contributed by atoms with E-state index in [9.17, 15) is 13.2 Å². The van der Waals surface area contributed by atoms with E-state index in [4.69, 9.17) is 5.73 Å². The van der Waals surface area contributed by atoms with E-state index in [-0.39, 0.29) is 6.04 Å². The van der Waals surface area contributed by atoms with Crippen LogP contribution in [0.2, 0.25) is 0 Å². The molecule has 6 heteroatoms. The molecule has 13 heavy (non-hydrogen) atoms. The van der Waals surface area contributed by atoms with E-state index in [1.165, 1.54) is 6.20 Å². The Morgan fingerprint density at radius 3 is 2.62 bits per heavy atom. The van der Waals surface area contributed by atoms with Crippen LogP contribution in [0.15, 0.2) is 12.5 Å². The molecule has 0 aromatic carbocycles. The average molecular weight is 193 g/mol. The third-order valence-corrected chi connectivity index (χ3v) is 1.48. The molecule has 1 aromatic heterocycles. The zero-order chi connectivity index (χ0) is 10.1. The van der Waals surface area contributed by atoms with E-state index in [2.05, 4.69) is 4.98 Å². The van der Waals surface area contributed by atoms with Gasteiger partial charge in [-0.25, -0.2) is 4.98 Å². The minimum Gasteiger partial charge on any atom is -0.328 e. The first-order valence-corrected chi connectivity index (χ1v) is 3.72. The molecule has 0 amide bonds. The monoisotopic (exact) mass is 193 g/mol. The highest BCUT2D eigenvalue weighted by Crippen LogP contribution is 2.18. The van der Waals surface area contributed by atoms with Gasteiger partial charge in [-0.2, -0.15) is 13.2 Å². The van der Waals surface area contributed by atoms with Gasteiger partial charge in [-0.1, -0.05) is 0 Å². The standard InChI is InChI=1S/C7H10F3N3/c1-5(11)6-2-13(4-12-6)3-7(8,9)10/h2,4-5H,3,11H2,1H3. The molecule has 0 aliphatic rings. The SMILES string of the molecule is CC(N)c1cn(CC(F)(F)F)cn1. The van der Waals surface area contributed by atoms with Gasteiger partial charge >= 0.3 is 6.18 Å². The van der Waals surface area contributed by atoms with Gasteiger partial charge in [0.05, 0.1) is 12.0 Å². The van der Waals surface area contributed by atoms with Crippen LogP contribution < -0.4 is 5.73 Å². The number of hydrogen-bond donors (Lipinski definition) is 1. The first-order chi connectivity index (χ1) is 5.88. The predicted molar refractivity (Wildman–Crippen MR) is 40.9 cm³/mol. The van der Waals surface area contributed by atoms with Crippen LogP contribution >= 0.6 is 0 Å². The van der Waals surface area contributed by atoms with Crippen LogP contribution in [0.1, 0.15) is 18.7 Å². The normalized spacial score (nSPS) is 14.5. The fraction of sp³-hybridized carbons (Fsp3) is 0.571. The summed E-state index contributed by atoms with van der Waals surface area (Å²) in [4.78, 5) is 3.74. The van der Waals surface area contributed by atoms with Crippen LogP contribution in [0.3, 0.4) is 0 Å². The fourth-order valence-electron chi connectivity index (χ4n) is 0.906. The van der Waals surface area contributed by atoms with Crippen LogP contribution in [0.25, 0.3) is 0 Å². The van der Waals surface area contributed by atoms with Crippen LogP contribution in [0.5, 0.6) is 0 Å². The van der Waals surface area contributed by atoms with Crippen molar-refractivity contribution < 1.29 is 13.2 Å². The molecule has 1 unspecified atom stereocenters. The molecule has 1 atom stereocenters. The van der Waals surface area contributed by atoms with Gasteiger partial charge in [0.1, 0.15) is 6.54 Å². The molecule has 0 bridgehead atoms. The molecule has 3 nitrogen and oxygen atoms in total. The van der Waals surface area contributed by atoms with Gasteiger partial charge in [-0.05, 0) is 6.92 Å². The fourth-order valence-corrected chi connectivity index (χ4v) is 0.906. The van der Waals surface area contributed by atoms with Crippen molar-refractivity contribution in [1.82, 2.24) is 9.55 Å². The summed E-state index contributed by atoms with van der Waals surface area (Å²) in [7, 11) is 0. The number of nitrogens with zero attached hydrogens (tertiary/aromatic N) is 2. The smallest absolute Gasteiger partial charge is 0.328 e. The van der Waals surface area contributed by atoms with E-state index in [0.717, 1.165) is 10.9 Å². The molecule has 1 rings (SSSR count). The Kier molecular flexibility index (Phi) is 2.60. The lowest BCUT2D eigenvalue weighted by Crippen LogP contribution is -2.16. The third kappa shape index (κ3) is 3.06. The second-order valence-electron chi connectivity index (χ2n) is 2.87. The molecule has 0 saturated carbocycles. The molecule has 0 aliphatic carbocycles. The molecule has 0 spiro atoms. The van der Waals surface area contributed by atoms with Gasteiger partial charge in [0, 0.05) is 12.2 Å². The van der Waals surface area contributed by atoms with Crippen molar-refractivity contribution in [2.24, 2.45) is 5.73 Å². The highest BCUT2D eigenvalue weighted by atomic mass is 19.4. The number of rotatable bonds is 2. The predicted octanol–water partition coefficient (Wildman–Crippen LogP) is 1.47. The second kappa shape index (κ2) is 3.37. The second-order valence-corrected chi connectivity index (χ2v) is 2.87. The Bertz CT molecular complexity index is 277. The van der Waals surface area contributed by atoms with E-state index < -0.39 is 12.7 Å². The molecule has 1 aromatic rings. The van der Waals surface area contributed by atoms with Crippen LogP contribution in [-0.2, 0) is 6.54 Å². The topological polar surface area (TPSA) is 43.8 Å². The molecule has 0 fully saturated rings. The maximum atomic E-state index is 11.9. The third-order valence-electron chi connectivity index (χ3n) is 1.48. The van der Waals surface area contributed by atoms with Gasteiger partial charge in [0.15, 0.2) is 0 Å². The summed E-state index contributed by atoms with van der Waals surface area (Å²) in [5.74, 6) is 0. The number of halogens is 3. The summed E-state index contributed by atoms with van der Waals surface area (Å²) in [6.45, 7) is 0.646. The van der Waals surface area contributed by atoms with Gasteiger partial charge in [-0.3, -0.25) is 0 Å². The van der Waals surface area contributed by atoms with Crippen molar-refractivity contribution in [2.75, 3.05) is 0 Å². The Hall–Kier alpha value is -1.04. The highest BCUT2D eigenvalue weighted by molar-refractivity contribution is 5.01. The minimum absolute atomic E-state index is 0.338. The molecule has 1 heterocycles. The summed E-state index contributed by atoms with van der Waals surface area (Å²) < 4.78 is 36.6. The molecule has 0 saturated heterocycles. The number of nitrogens with two attached hydrogens (primary N) is 1. The van der Waals surface area contributed by atoms with Crippen molar-refractivity contribution in [2.45, 2.75) is 25.7 Å². The summed E-state index contributed by atoms with van der Waals surface area (Å²) in [5, 5.41) is 0. The first kappa shape index (κ1) is 10.0. The largest absolute Gasteiger partial charge is 0.406 e. The van der Waals surface area contributed by atoms with E-state index in [0.29, 0.717) is 5.69 Å². The van der Waals surface area contributed by atoms with Gasteiger partial charge in [0.2, 0.25) is 0 Å². The van der Waals surface area contributed by atoms with Crippen molar-refractivity contribution in [3.63, 3.8) is 0 Å². The maximum absolute atomic E-state index is 11.9. The average Bonchev–Trinajstić information content (AvgIpc) is 2.31. The van der Waals surface area contributed by atoms with Crippen LogP contribution in [-0.4, -0.2) is 15.7 Å². The van der Waals surface area contributed by atoms with Crippen molar-refractivity contribution in [1.29, 1.82) is 0 Å². The Morgan fingerprint density at radius 2 is 2.23 bits per heavy atom. The summed E-state index contributed by atoms with van der Waals surface area (Å²) in [6, 6.07) is -0.338. The Balaban J connectivity index is 2.70. The first-order valence-electron chi connectivity index (χ1n) is 3.72. The number of hydrogen-bond acceptors (Lipinski definition) is 2. The van der Waals surface area contributed by atoms with Crippen molar-refractivity contribution in [3.05, 3.63) is 18.2 Å². The molecule has 0 radical (unpaired) electrons. The lowest BCUT2D eigenvalue weighted by molar-refractivity contribution is -0.140. The van der Waals surface area contributed by atoms with Crippen molar-refractivity contribution >= 4 is 0 Å². The van der Waals surface area contributed by atoms with E-state index in [1.54, 1.807) is 6.92 Å². The van der Waals surface area contributed by atoms with E-state index >= 15 is 0 Å². The Labute approximate surface area is 73.4 Å². The molecular weight excluding hydrogens is 183 g/mol. The number of alkyl halides is 3. The summed E-state index contributed by atoms with van der Waals surface area (Å²) in [6.07, 6.45) is -1.78. The van der Waals surface area contributed by atoms with Gasteiger partial charge in [0.25, 0.3) is 0 Å². The summed E-state index contributed by atoms with van der Waals surface area (Å²) in [5.41, 5.74) is 5.90. The van der Waals surface area contributed by atoms with Gasteiger partial charge < -0.3 is 10.3 Å². The summed E-state index contributed by atoms with van der Waals surface area (Å²) >= 11 is 0. The highest BCUT2D eigenvalue weighted by Gasteiger charge is 2.27.